The van der Waals surface area contributed by atoms with Crippen LogP contribution < -0.4 is 10.6 Å². The van der Waals surface area contributed by atoms with Crippen LogP contribution in [0.2, 0.25) is 0 Å². The number of imidazole rings is 2. The first kappa shape index (κ1) is 43.8. The number of fused-ring (bicyclic) bond motifs is 1. The van der Waals surface area contributed by atoms with Crippen molar-refractivity contribution in [1.82, 2.24) is 40.4 Å². The third kappa shape index (κ3) is 9.18. The molecular weight excluding hydrogens is 801 g/mol. The lowest BCUT2D eigenvalue weighted by Gasteiger charge is -2.29. The van der Waals surface area contributed by atoms with Crippen LogP contribution in [0, 0.1) is 5.92 Å². The molecule has 0 aliphatic carbocycles. The summed E-state index contributed by atoms with van der Waals surface area (Å²) in [5.41, 5.74) is 6.21. The maximum Gasteiger partial charge on any atom is 0.407 e. The van der Waals surface area contributed by atoms with Crippen molar-refractivity contribution in [3.8, 4) is 33.6 Å². The number of hydrogen-bond donors (Lipinski definition) is 4. The molecule has 2 aliphatic heterocycles. The maximum atomic E-state index is 13.9. The van der Waals surface area contributed by atoms with E-state index >= 15 is 0 Å². The lowest BCUT2D eigenvalue weighted by atomic mass is 9.98. The van der Waals surface area contributed by atoms with E-state index < -0.39 is 30.3 Å². The van der Waals surface area contributed by atoms with Gasteiger partial charge in [0.1, 0.15) is 23.7 Å². The van der Waals surface area contributed by atoms with E-state index in [1.54, 1.807) is 17.3 Å². The number of likely N-dealkylation sites (tertiary alicyclic amines) is 2. The number of benzene rings is 4. The molecule has 2 saturated heterocycles. The molecule has 4 heterocycles. The number of H-pyrrole nitrogens is 2. The molecule has 0 unspecified atom stereocenters. The Hall–Kier alpha value is -7.29. The molecule has 15 nitrogen and oxygen atoms in total. The third-order valence-electron chi connectivity index (χ3n) is 11.7. The fraction of sp³-hybridized carbons (Fsp3) is 0.312. The number of alkyl carbamates (subject to hydrolysis) is 2. The zero-order valence-corrected chi connectivity index (χ0v) is 34.9. The van der Waals surface area contributed by atoms with Crippen LogP contribution in [-0.2, 0) is 23.9 Å². The number of methoxy groups -OCH3 is 2. The number of nitrogens with zero attached hydrogens (tertiary/aromatic N) is 4. The van der Waals surface area contributed by atoms with Crippen LogP contribution in [0.3, 0.4) is 0 Å². The Bertz CT molecular complexity index is 2620. The zero-order valence-electron chi connectivity index (χ0n) is 34.9. The van der Waals surface area contributed by atoms with E-state index in [2.05, 4.69) is 68.1 Å². The van der Waals surface area contributed by atoms with Gasteiger partial charge in [0.25, 0.3) is 5.91 Å². The summed E-state index contributed by atoms with van der Waals surface area (Å²) < 4.78 is 9.55. The van der Waals surface area contributed by atoms with Gasteiger partial charge in [-0.15, -0.1) is 0 Å². The molecule has 8 rings (SSSR count). The van der Waals surface area contributed by atoms with Crippen LogP contribution in [0.1, 0.15) is 75.9 Å². The standard InChI is InChI=1S/C47H48N8O7.CH4/c1-27(2)40(52-46(59)61-3)44(57)55-26-35(56)23-39(55)43-49-25-37(51-43)34-19-18-32-21-31(16-17-33(32)22-34)28-12-14-29(15-13-28)36-24-48-42(50-36)38-11-8-20-54(38)45(58)41(53-47(60)62-4)30-9-6-5-7-10-30;/h5-7,9-10,12-19,21-22,24-25,27,38-41H,8,11,20,23,26H2,1-4H3,(H,48,50)(H,49,51)(H,52,59)(H,53,60);1H4/t38-,39-,40-,41+;/m0./s1. The summed E-state index contributed by atoms with van der Waals surface area (Å²) in [6.07, 6.45) is 3.79. The topological polar surface area (TPSA) is 192 Å². The van der Waals surface area contributed by atoms with Crippen molar-refractivity contribution in [1.29, 1.82) is 0 Å². The minimum Gasteiger partial charge on any atom is -0.453 e. The minimum atomic E-state index is -0.890. The van der Waals surface area contributed by atoms with Gasteiger partial charge in [0.15, 0.2) is 5.78 Å². The van der Waals surface area contributed by atoms with E-state index in [1.165, 1.54) is 19.1 Å². The first-order valence-electron chi connectivity index (χ1n) is 20.6. The Balaban J connectivity index is 0.00000595. The Kier molecular flexibility index (Phi) is 13.0. The molecule has 0 saturated carbocycles. The van der Waals surface area contributed by atoms with Gasteiger partial charge >= 0.3 is 12.2 Å². The number of carbonyl (C=O) groups excluding carboxylic acids is 5. The number of ether oxygens (including phenoxy) is 2. The zero-order chi connectivity index (χ0) is 43.5. The summed E-state index contributed by atoms with van der Waals surface area (Å²) in [7, 11) is 2.52. The molecule has 4 N–H and O–H groups in total. The summed E-state index contributed by atoms with van der Waals surface area (Å²) in [5, 5.41) is 7.40. The quantitative estimate of drug-likeness (QED) is 0.100. The number of hydrogen-bond acceptors (Lipinski definition) is 9. The van der Waals surface area contributed by atoms with Gasteiger partial charge in [-0.05, 0) is 63.9 Å². The van der Waals surface area contributed by atoms with E-state index in [4.69, 9.17) is 14.5 Å². The Morgan fingerprint density at radius 3 is 1.92 bits per heavy atom. The number of ketones is 1. The average molecular weight is 853 g/mol. The number of aromatic nitrogens is 4. The molecule has 0 radical (unpaired) electrons. The molecule has 0 bridgehead atoms. The number of Topliss-reactive ketones (excluding diaryl/α,β-unsaturated/α-hetero) is 1. The average Bonchev–Trinajstić information content (AvgIpc) is 4.14. The van der Waals surface area contributed by atoms with Crippen molar-refractivity contribution in [2.45, 2.75) is 64.7 Å². The number of nitrogens with one attached hydrogen (secondary N) is 4. The lowest BCUT2D eigenvalue weighted by molar-refractivity contribution is -0.136. The second kappa shape index (κ2) is 18.8. The molecule has 4 atom stereocenters. The van der Waals surface area contributed by atoms with Crippen molar-refractivity contribution in [3.05, 3.63) is 121 Å². The van der Waals surface area contributed by atoms with Gasteiger partial charge in [-0.3, -0.25) is 14.4 Å². The second-order valence-electron chi connectivity index (χ2n) is 16.0. The highest BCUT2D eigenvalue weighted by Gasteiger charge is 2.41. The molecule has 63 heavy (non-hydrogen) atoms. The van der Waals surface area contributed by atoms with Crippen LogP contribution in [0.25, 0.3) is 44.4 Å². The number of aromatic amines is 2. The molecule has 326 valence electrons. The number of amides is 4. The number of rotatable bonds is 11. The normalized spacial score (nSPS) is 17.0. The number of carbonyl (C=O) groups is 5. The van der Waals surface area contributed by atoms with Crippen molar-refractivity contribution in [2.75, 3.05) is 27.3 Å². The Morgan fingerprint density at radius 1 is 0.698 bits per heavy atom. The van der Waals surface area contributed by atoms with Crippen molar-refractivity contribution >= 4 is 40.6 Å². The molecule has 15 heteroatoms. The predicted octanol–water partition coefficient (Wildman–Crippen LogP) is 7.91. The van der Waals surface area contributed by atoms with Crippen LogP contribution in [0.5, 0.6) is 0 Å². The molecule has 6 aromatic rings. The van der Waals surface area contributed by atoms with Gasteiger partial charge in [0.2, 0.25) is 5.91 Å². The van der Waals surface area contributed by atoms with E-state index in [0.717, 1.165) is 57.3 Å². The second-order valence-corrected chi connectivity index (χ2v) is 16.0. The van der Waals surface area contributed by atoms with Gasteiger partial charge in [-0.1, -0.05) is 100 Å². The summed E-state index contributed by atoms with van der Waals surface area (Å²) in [4.78, 5) is 83.7. The molecule has 2 fully saturated rings. The highest BCUT2D eigenvalue weighted by atomic mass is 16.5. The van der Waals surface area contributed by atoms with Crippen molar-refractivity contribution in [3.63, 3.8) is 0 Å². The monoisotopic (exact) mass is 852 g/mol. The third-order valence-corrected chi connectivity index (χ3v) is 11.7. The predicted molar refractivity (Wildman–Crippen MR) is 238 cm³/mol. The minimum absolute atomic E-state index is 0. The van der Waals surface area contributed by atoms with Crippen LogP contribution >= 0.6 is 0 Å². The highest BCUT2D eigenvalue weighted by molar-refractivity contribution is 5.94. The fourth-order valence-electron chi connectivity index (χ4n) is 8.38. The van der Waals surface area contributed by atoms with E-state index in [-0.39, 0.29) is 49.9 Å². The fourth-order valence-corrected chi connectivity index (χ4v) is 8.38. The maximum absolute atomic E-state index is 13.9. The summed E-state index contributed by atoms with van der Waals surface area (Å²) in [6.45, 7) is 4.13. The van der Waals surface area contributed by atoms with Gasteiger partial charge in [0, 0.05) is 18.5 Å². The molecule has 2 aliphatic rings. The van der Waals surface area contributed by atoms with Gasteiger partial charge in [-0.2, -0.15) is 0 Å². The SMILES string of the molecule is C.COC(=O)N[C@H](C(=O)N1CC(=O)C[C@H]1c1ncc(-c2ccc3cc(-c4ccc(-c5cnc([C@@H]6CCCN6C(=O)[C@H](NC(=O)OC)c6ccccc6)[nH]5)cc4)ccc3c2)[nH]1)C(C)C. The Labute approximate surface area is 365 Å². The largest absolute Gasteiger partial charge is 0.453 e. The van der Waals surface area contributed by atoms with Gasteiger partial charge < -0.3 is 39.9 Å². The van der Waals surface area contributed by atoms with Crippen molar-refractivity contribution < 1.29 is 33.4 Å². The van der Waals surface area contributed by atoms with E-state index in [9.17, 15) is 24.0 Å². The molecule has 0 spiro atoms. The first-order valence-corrected chi connectivity index (χ1v) is 20.6. The molecule has 4 aromatic carbocycles. The summed E-state index contributed by atoms with van der Waals surface area (Å²) >= 11 is 0. The lowest BCUT2D eigenvalue weighted by Crippen LogP contribution is -2.51. The van der Waals surface area contributed by atoms with Crippen LogP contribution in [0.15, 0.2) is 103 Å². The van der Waals surface area contributed by atoms with Gasteiger partial charge in [0.05, 0.1) is 56.6 Å². The highest BCUT2D eigenvalue weighted by Crippen LogP contribution is 2.36. The molecule has 4 amide bonds. The Morgan fingerprint density at radius 2 is 1.27 bits per heavy atom. The molecular formula is C48H52N8O7. The first-order chi connectivity index (χ1) is 30.0. The van der Waals surface area contributed by atoms with Gasteiger partial charge in [-0.25, -0.2) is 19.6 Å². The van der Waals surface area contributed by atoms with Crippen molar-refractivity contribution in [2.24, 2.45) is 5.92 Å². The summed E-state index contributed by atoms with van der Waals surface area (Å²) in [5.74, 6) is 0.297. The smallest absolute Gasteiger partial charge is 0.407 e. The van der Waals surface area contributed by atoms with E-state index in [0.29, 0.717) is 23.8 Å². The van der Waals surface area contributed by atoms with Crippen LogP contribution in [-0.4, -0.2) is 92.9 Å². The van der Waals surface area contributed by atoms with E-state index in [1.807, 2.05) is 62.4 Å². The van der Waals surface area contributed by atoms with Crippen LogP contribution in [0.4, 0.5) is 9.59 Å². The summed E-state index contributed by atoms with van der Waals surface area (Å²) in [6, 6.07) is 27.2. The molecule has 2 aromatic heterocycles.